The molecule has 0 fully saturated rings. The predicted octanol–water partition coefficient (Wildman–Crippen LogP) is 1.69. The first-order chi connectivity index (χ1) is 6.97. The summed E-state index contributed by atoms with van der Waals surface area (Å²) in [4.78, 5) is 19.0. The van der Waals surface area contributed by atoms with E-state index in [0.717, 1.165) is 6.07 Å². The number of nitro benzene ring substituents is 2. The molecule has 0 aliphatic rings. The quantitative estimate of drug-likeness (QED) is 0.512. The molecular weight excluding hydrogens is 323 g/mol. The third-order valence-corrected chi connectivity index (χ3v) is 3.05. The minimum atomic E-state index is -1.96. The zero-order chi connectivity index (χ0) is 11.6. The molecule has 0 unspecified atom stereocenters. The lowest BCUT2D eigenvalue weighted by Crippen LogP contribution is -1.95. The molecule has 1 aromatic carbocycles. The fraction of sp³-hybridized carbons (Fsp3) is 0. The summed E-state index contributed by atoms with van der Waals surface area (Å²) in [6.45, 7) is 0. The van der Waals surface area contributed by atoms with E-state index in [1.54, 1.807) is 0 Å². The summed E-state index contributed by atoms with van der Waals surface area (Å²) in [5.41, 5.74) is -1.30. The van der Waals surface area contributed by atoms with E-state index in [1.165, 1.54) is 0 Å². The first-order valence-corrected chi connectivity index (χ1v) is 5.36. The van der Waals surface area contributed by atoms with Crippen molar-refractivity contribution in [3.05, 3.63) is 35.9 Å². The van der Waals surface area contributed by atoms with Gasteiger partial charge < -0.3 is 5.11 Å². The van der Waals surface area contributed by atoms with Gasteiger partial charge in [0.15, 0.2) is 24.8 Å². The highest BCUT2D eigenvalue weighted by Crippen LogP contribution is 2.35. The summed E-state index contributed by atoms with van der Waals surface area (Å²) < 4.78 is 10.3. The van der Waals surface area contributed by atoms with Crippen LogP contribution < -0.4 is 0 Å². The molecule has 15 heavy (non-hydrogen) atoms. The van der Waals surface area contributed by atoms with E-state index in [-0.39, 0.29) is 3.57 Å². The van der Waals surface area contributed by atoms with Gasteiger partial charge in [-0.05, 0) is 0 Å². The van der Waals surface area contributed by atoms with Crippen molar-refractivity contribution in [3.63, 3.8) is 0 Å². The van der Waals surface area contributed by atoms with Gasteiger partial charge in [-0.1, -0.05) is 0 Å². The van der Waals surface area contributed by atoms with Gasteiger partial charge in [-0.3, -0.25) is 23.3 Å². The van der Waals surface area contributed by atoms with Crippen molar-refractivity contribution >= 4 is 32.6 Å². The van der Waals surface area contributed by atoms with Crippen LogP contribution >= 0.6 is 21.2 Å². The number of hydrogen-bond donors (Lipinski definition) is 1. The number of phenolic OH excluding ortho intramolecular Hbond substituents is 1. The lowest BCUT2D eigenvalue weighted by atomic mass is 10.2. The van der Waals surface area contributed by atoms with Gasteiger partial charge in [0.25, 0.3) is 11.4 Å². The van der Waals surface area contributed by atoms with Crippen LogP contribution in [0.15, 0.2) is 12.1 Å². The third-order valence-electron chi connectivity index (χ3n) is 1.50. The molecule has 0 aromatic heterocycles. The largest absolute Gasteiger partial charge is 0.506 e. The molecular formula is C6H3IN2O6. The molecule has 0 aliphatic heterocycles. The number of rotatable bonds is 3. The Bertz CT molecular complexity index is 459. The fourth-order valence-corrected chi connectivity index (χ4v) is 1.86. The van der Waals surface area contributed by atoms with Crippen molar-refractivity contribution in [2.75, 3.05) is 0 Å². The van der Waals surface area contributed by atoms with E-state index in [2.05, 4.69) is 0 Å². The summed E-state index contributed by atoms with van der Waals surface area (Å²) in [5.74, 6) is -0.682. The Morgan fingerprint density at radius 2 is 1.80 bits per heavy atom. The van der Waals surface area contributed by atoms with Gasteiger partial charge in [-0.2, -0.15) is 0 Å². The molecule has 0 bridgehead atoms. The minimum Gasteiger partial charge on any atom is -0.506 e. The highest BCUT2D eigenvalue weighted by Gasteiger charge is 2.24. The zero-order valence-corrected chi connectivity index (χ0v) is 9.07. The maximum absolute atomic E-state index is 10.6. The molecule has 0 saturated carbocycles. The molecule has 0 heterocycles. The number of nitro groups is 2. The maximum atomic E-state index is 10.6. The number of aromatic hydroxyl groups is 1. The van der Waals surface area contributed by atoms with Crippen molar-refractivity contribution in [3.8, 4) is 5.75 Å². The number of hydrogen-bond acceptors (Lipinski definition) is 6. The summed E-state index contributed by atoms with van der Waals surface area (Å²) in [6, 6.07) is 1.41. The molecule has 8 nitrogen and oxygen atoms in total. The smallest absolute Gasteiger partial charge is 0.295 e. The Kier molecular flexibility index (Phi) is 3.24. The Morgan fingerprint density at radius 1 is 1.20 bits per heavy atom. The van der Waals surface area contributed by atoms with E-state index in [1.807, 2.05) is 0 Å². The standard InChI is InChI=1S/C6H3IN2O6/c10-5-2-3(8(12)13)1-4(9(14)15)6(5)7-11/h1-2,10H. The van der Waals surface area contributed by atoms with Crippen molar-refractivity contribution in [2.45, 2.75) is 0 Å². The van der Waals surface area contributed by atoms with Crippen LogP contribution in [0.2, 0.25) is 0 Å². The van der Waals surface area contributed by atoms with Crippen LogP contribution in [0.5, 0.6) is 5.75 Å². The van der Waals surface area contributed by atoms with Gasteiger partial charge in [0, 0.05) is 0 Å². The average molecular weight is 326 g/mol. The molecule has 0 saturated heterocycles. The Hall–Kier alpha value is -1.65. The maximum Gasteiger partial charge on any atom is 0.295 e. The van der Waals surface area contributed by atoms with E-state index in [9.17, 15) is 28.4 Å². The average Bonchev–Trinajstić information content (AvgIpc) is 2.16. The lowest BCUT2D eigenvalue weighted by Gasteiger charge is -1.98. The van der Waals surface area contributed by atoms with E-state index in [0.29, 0.717) is 6.07 Å². The van der Waals surface area contributed by atoms with Crippen LogP contribution in [0.1, 0.15) is 0 Å². The van der Waals surface area contributed by atoms with Crippen molar-refractivity contribution in [1.82, 2.24) is 0 Å². The Morgan fingerprint density at radius 3 is 2.20 bits per heavy atom. The van der Waals surface area contributed by atoms with Gasteiger partial charge in [0.2, 0.25) is 0 Å². The Balaban J connectivity index is 3.52. The highest BCUT2D eigenvalue weighted by atomic mass is 127. The number of halogens is 1. The van der Waals surface area contributed by atoms with E-state index in [4.69, 9.17) is 0 Å². The van der Waals surface area contributed by atoms with Crippen LogP contribution in [0.4, 0.5) is 11.4 Å². The third kappa shape index (κ3) is 2.23. The molecule has 0 atom stereocenters. The van der Waals surface area contributed by atoms with E-state index < -0.39 is 48.2 Å². The second-order valence-electron chi connectivity index (χ2n) is 2.39. The summed E-state index contributed by atoms with van der Waals surface area (Å²) in [5, 5.41) is 30.0. The summed E-state index contributed by atoms with van der Waals surface area (Å²) >= 11 is -1.96. The SMILES string of the molecule is O=Ic1c(O)cc([N+](=O)[O-])cc1[N+](=O)[O-]. The number of non-ortho nitro benzene ring substituents is 1. The second kappa shape index (κ2) is 4.25. The van der Waals surface area contributed by atoms with Gasteiger partial charge in [-0.15, -0.1) is 0 Å². The van der Waals surface area contributed by atoms with Crippen molar-refractivity contribution in [1.29, 1.82) is 0 Å². The summed E-state index contributed by atoms with van der Waals surface area (Å²) in [6.07, 6.45) is 0. The first kappa shape index (κ1) is 11.4. The minimum absolute atomic E-state index is 0.343. The molecule has 0 amide bonds. The number of phenols is 1. The number of benzene rings is 1. The molecule has 1 aromatic rings. The fourth-order valence-electron chi connectivity index (χ4n) is 0.897. The predicted molar refractivity (Wildman–Crippen MR) is 54.8 cm³/mol. The van der Waals surface area contributed by atoms with Crippen LogP contribution in [-0.2, 0) is 3.07 Å². The first-order valence-electron chi connectivity index (χ1n) is 3.40. The zero-order valence-electron chi connectivity index (χ0n) is 6.92. The number of nitrogens with zero attached hydrogens (tertiary/aromatic N) is 2. The summed E-state index contributed by atoms with van der Waals surface area (Å²) in [7, 11) is 0. The van der Waals surface area contributed by atoms with Crippen LogP contribution in [0.25, 0.3) is 0 Å². The van der Waals surface area contributed by atoms with Crippen molar-refractivity contribution < 1.29 is 18.0 Å². The molecule has 0 radical (unpaired) electrons. The molecule has 0 aliphatic carbocycles. The molecule has 1 N–H and O–H groups in total. The van der Waals surface area contributed by atoms with Gasteiger partial charge in [-0.25, -0.2) is 0 Å². The van der Waals surface area contributed by atoms with Crippen LogP contribution in [0.3, 0.4) is 0 Å². The topological polar surface area (TPSA) is 124 Å². The van der Waals surface area contributed by atoms with Gasteiger partial charge in [0.05, 0.1) is 22.0 Å². The molecule has 9 heteroatoms. The monoisotopic (exact) mass is 326 g/mol. The molecule has 0 spiro atoms. The van der Waals surface area contributed by atoms with Crippen LogP contribution in [-0.4, -0.2) is 15.0 Å². The van der Waals surface area contributed by atoms with Crippen molar-refractivity contribution in [2.24, 2.45) is 0 Å². The molecule has 1 rings (SSSR count). The van der Waals surface area contributed by atoms with E-state index >= 15 is 0 Å². The normalized spacial score (nSPS) is 9.87. The lowest BCUT2D eigenvalue weighted by molar-refractivity contribution is -0.394. The van der Waals surface area contributed by atoms with Gasteiger partial charge in [0.1, 0.15) is 5.75 Å². The second-order valence-corrected chi connectivity index (χ2v) is 3.91. The molecule has 80 valence electrons. The van der Waals surface area contributed by atoms with Crippen LogP contribution in [0, 0.1) is 23.8 Å². The van der Waals surface area contributed by atoms with Gasteiger partial charge >= 0.3 is 0 Å². The Labute approximate surface area is 92.5 Å². The highest BCUT2D eigenvalue weighted by molar-refractivity contribution is 14.1.